The molecule has 0 saturated heterocycles. The van der Waals surface area contributed by atoms with Crippen LogP contribution in [0.1, 0.15) is 67.0 Å². The summed E-state index contributed by atoms with van der Waals surface area (Å²) in [4.78, 5) is 69.9. The molecule has 0 fully saturated rings. The maximum absolute atomic E-state index is 13.0. The van der Waals surface area contributed by atoms with Crippen LogP contribution in [-0.4, -0.2) is 74.9 Å². The van der Waals surface area contributed by atoms with Crippen LogP contribution in [0.3, 0.4) is 0 Å². The molecule has 6 atom stereocenters. The lowest BCUT2D eigenvalue weighted by Crippen LogP contribution is -2.59. The Labute approximate surface area is 229 Å². The van der Waals surface area contributed by atoms with E-state index < -0.39 is 59.8 Å². The molecular formula is C26H45N7O6. The number of carboxylic acid groups (broad SMARTS) is 1. The number of amides is 4. The molecule has 0 bridgehead atoms. The number of imidazole rings is 1. The van der Waals surface area contributed by atoms with E-state index >= 15 is 0 Å². The van der Waals surface area contributed by atoms with Gasteiger partial charge in [-0.15, -0.1) is 0 Å². The number of hydrogen-bond acceptors (Lipinski definition) is 7. The number of rotatable bonds is 16. The number of nitrogens with zero attached hydrogens (tertiary/aromatic N) is 1. The van der Waals surface area contributed by atoms with E-state index in [0.29, 0.717) is 18.5 Å². The number of H-pyrrole nitrogens is 1. The third-order valence-corrected chi connectivity index (χ3v) is 6.45. The third-order valence-electron chi connectivity index (χ3n) is 6.45. The molecule has 13 nitrogen and oxygen atoms in total. The second-order valence-corrected chi connectivity index (χ2v) is 10.7. The van der Waals surface area contributed by atoms with E-state index in [0.717, 1.165) is 0 Å². The number of carbonyl (C=O) groups is 5. The quantitative estimate of drug-likeness (QED) is 0.149. The molecule has 1 aromatic heterocycles. The second-order valence-electron chi connectivity index (χ2n) is 10.7. The second kappa shape index (κ2) is 15.8. The lowest BCUT2D eigenvalue weighted by Gasteiger charge is -2.28. The highest BCUT2D eigenvalue weighted by Crippen LogP contribution is 2.11. The number of hydrogen-bond donors (Lipinski definition) is 7. The summed E-state index contributed by atoms with van der Waals surface area (Å²) in [6.07, 6.45) is 4.10. The fraction of sp³-hybridized carbons (Fsp3) is 0.692. The summed E-state index contributed by atoms with van der Waals surface area (Å²) in [6.45, 7) is 12.2. The molecule has 0 aliphatic rings. The van der Waals surface area contributed by atoms with Crippen molar-refractivity contribution in [3.05, 3.63) is 18.2 Å². The van der Waals surface area contributed by atoms with Gasteiger partial charge in [-0.2, -0.15) is 0 Å². The summed E-state index contributed by atoms with van der Waals surface area (Å²) >= 11 is 0. The van der Waals surface area contributed by atoms with Gasteiger partial charge in [0.15, 0.2) is 0 Å². The van der Waals surface area contributed by atoms with Crippen LogP contribution in [0.2, 0.25) is 0 Å². The summed E-state index contributed by atoms with van der Waals surface area (Å²) in [5, 5.41) is 19.9. The van der Waals surface area contributed by atoms with Gasteiger partial charge in [-0.05, 0) is 31.1 Å². The van der Waals surface area contributed by atoms with Crippen LogP contribution in [0.4, 0.5) is 0 Å². The normalized spacial score (nSPS) is 15.9. The van der Waals surface area contributed by atoms with Crippen molar-refractivity contribution >= 4 is 29.6 Å². The number of aliphatic carboxylic acids is 1. The van der Waals surface area contributed by atoms with Gasteiger partial charge in [-0.3, -0.25) is 19.2 Å². The van der Waals surface area contributed by atoms with Crippen molar-refractivity contribution in [2.45, 2.75) is 97.9 Å². The Balaban J connectivity index is 2.85. The Morgan fingerprint density at radius 1 is 0.897 bits per heavy atom. The maximum Gasteiger partial charge on any atom is 0.326 e. The van der Waals surface area contributed by atoms with Gasteiger partial charge in [-0.1, -0.05) is 48.0 Å². The number of aromatic nitrogens is 2. The Kier molecular flexibility index (Phi) is 13.6. The first kappa shape index (κ1) is 33.5. The van der Waals surface area contributed by atoms with Crippen LogP contribution >= 0.6 is 0 Å². The minimum Gasteiger partial charge on any atom is -0.480 e. The van der Waals surface area contributed by atoms with Gasteiger partial charge >= 0.3 is 5.97 Å². The Hall–Kier alpha value is -3.48. The third kappa shape index (κ3) is 11.0. The number of carboxylic acids is 1. The van der Waals surface area contributed by atoms with Crippen LogP contribution in [0.5, 0.6) is 0 Å². The molecule has 0 aliphatic carbocycles. The molecule has 0 aromatic carbocycles. The molecule has 39 heavy (non-hydrogen) atoms. The molecule has 0 radical (unpaired) electrons. The molecule has 1 heterocycles. The first-order valence-electron chi connectivity index (χ1n) is 13.3. The lowest BCUT2D eigenvalue weighted by atomic mass is 9.97. The van der Waals surface area contributed by atoms with Crippen molar-refractivity contribution in [1.82, 2.24) is 31.2 Å². The average Bonchev–Trinajstić information content (AvgIpc) is 3.36. The summed E-state index contributed by atoms with van der Waals surface area (Å²) in [5.41, 5.74) is 6.68. The maximum atomic E-state index is 13.0. The summed E-state index contributed by atoms with van der Waals surface area (Å²) in [6, 6.07) is -5.01. The predicted molar refractivity (Wildman–Crippen MR) is 145 cm³/mol. The molecule has 13 heteroatoms. The van der Waals surface area contributed by atoms with Gasteiger partial charge in [0.25, 0.3) is 0 Å². The molecule has 8 N–H and O–H groups in total. The molecule has 6 unspecified atom stereocenters. The Morgan fingerprint density at radius 3 is 2.00 bits per heavy atom. The topological polar surface area (TPSA) is 208 Å². The van der Waals surface area contributed by atoms with Crippen molar-refractivity contribution in [2.24, 2.45) is 23.5 Å². The number of nitrogens with one attached hydrogen (secondary N) is 5. The lowest BCUT2D eigenvalue weighted by molar-refractivity contribution is -0.144. The molecule has 1 rings (SSSR count). The molecule has 0 spiro atoms. The van der Waals surface area contributed by atoms with E-state index in [1.165, 1.54) is 13.3 Å². The van der Waals surface area contributed by atoms with E-state index in [-0.39, 0.29) is 24.2 Å². The van der Waals surface area contributed by atoms with Gasteiger partial charge in [0, 0.05) is 18.3 Å². The highest BCUT2D eigenvalue weighted by Gasteiger charge is 2.33. The highest BCUT2D eigenvalue weighted by atomic mass is 16.4. The summed E-state index contributed by atoms with van der Waals surface area (Å²) in [5.74, 6) is -4.11. The van der Waals surface area contributed by atoms with E-state index in [2.05, 4.69) is 31.2 Å². The zero-order chi connectivity index (χ0) is 29.9. The molecule has 0 aliphatic heterocycles. The van der Waals surface area contributed by atoms with Crippen molar-refractivity contribution in [3.63, 3.8) is 0 Å². The van der Waals surface area contributed by atoms with Crippen LogP contribution in [0.15, 0.2) is 12.5 Å². The van der Waals surface area contributed by atoms with Crippen molar-refractivity contribution in [3.8, 4) is 0 Å². The summed E-state index contributed by atoms with van der Waals surface area (Å²) in [7, 11) is 0. The van der Waals surface area contributed by atoms with E-state index in [1.54, 1.807) is 27.0 Å². The Bertz CT molecular complexity index is 966. The average molecular weight is 552 g/mol. The Morgan fingerprint density at radius 2 is 1.51 bits per heavy atom. The van der Waals surface area contributed by atoms with E-state index in [4.69, 9.17) is 5.73 Å². The monoisotopic (exact) mass is 551 g/mol. The fourth-order valence-electron chi connectivity index (χ4n) is 3.83. The molecule has 0 saturated carbocycles. The van der Waals surface area contributed by atoms with E-state index in [9.17, 15) is 29.1 Å². The van der Waals surface area contributed by atoms with Gasteiger partial charge < -0.3 is 37.1 Å². The predicted octanol–water partition coefficient (Wildman–Crippen LogP) is 0.0714. The molecule has 1 aromatic rings. The van der Waals surface area contributed by atoms with Gasteiger partial charge in [0.1, 0.15) is 24.2 Å². The zero-order valence-corrected chi connectivity index (χ0v) is 23.9. The summed E-state index contributed by atoms with van der Waals surface area (Å²) < 4.78 is 0. The van der Waals surface area contributed by atoms with Gasteiger partial charge in [0.2, 0.25) is 23.6 Å². The zero-order valence-electron chi connectivity index (χ0n) is 23.9. The number of nitrogens with two attached hydrogens (primary N) is 1. The van der Waals surface area contributed by atoms with Crippen LogP contribution in [0, 0.1) is 17.8 Å². The minimum atomic E-state index is -1.16. The molecular weight excluding hydrogens is 506 g/mol. The van der Waals surface area contributed by atoms with E-state index in [1.807, 2.05) is 20.8 Å². The van der Waals surface area contributed by atoms with Crippen molar-refractivity contribution in [1.29, 1.82) is 0 Å². The van der Waals surface area contributed by atoms with Crippen LogP contribution in [-0.2, 0) is 30.4 Å². The van der Waals surface area contributed by atoms with Gasteiger partial charge in [0.05, 0.1) is 12.4 Å². The largest absolute Gasteiger partial charge is 0.480 e. The smallest absolute Gasteiger partial charge is 0.326 e. The van der Waals surface area contributed by atoms with Crippen molar-refractivity contribution < 1.29 is 29.1 Å². The fourth-order valence-corrected chi connectivity index (χ4v) is 3.83. The standard InChI is InChI=1S/C26H45N7O6/c1-8-15(6)21(26(38)39)33-25(37)20(14(4)5)32-22(34)16(7)30-24(36)19(9-13(2)3)31-23(35)18(27)10-17-11-28-12-29-17/h11-16,18-21H,8-10,27H2,1-7H3,(H,28,29)(H,30,36)(H,31,35)(H,32,34)(H,33,37)(H,38,39). The van der Waals surface area contributed by atoms with Crippen LogP contribution < -0.4 is 27.0 Å². The molecule has 220 valence electrons. The van der Waals surface area contributed by atoms with Gasteiger partial charge in [-0.25, -0.2) is 9.78 Å². The number of carbonyl (C=O) groups excluding carboxylic acids is 4. The number of aromatic amines is 1. The van der Waals surface area contributed by atoms with Crippen molar-refractivity contribution in [2.75, 3.05) is 0 Å². The first-order chi connectivity index (χ1) is 18.2. The minimum absolute atomic E-state index is 0.0516. The highest BCUT2D eigenvalue weighted by molar-refractivity contribution is 5.95. The first-order valence-corrected chi connectivity index (χ1v) is 13.3. The SMILES string of the molecule is CCC(C)C(NC(=O)C(NC(=O)C(C)NC(=O)C(CC(C)C)NC(=O)C(N)Cc1cnc[nH]1)C(C)C)C(=O)O. The molecule has 4 amide bonds. The van der Waals surface area contributed by atoms with Crippen LogP contribution in [0.25, 0.3) is 0 Å².